The summed E-state index contributed by atoms with van der Waals surface area (Å²) in [5.74, 6) is -0.814. The standard InChI is InChI=1S/C35H49N3O6/c1-4-6-8-10-11-12-16-20-31(39)38-35(3,34(41)36-23-17-9-7-5-2)25-32-37-29-24-28(21-22-30(29)43-32)33(40)44-42-26-27-18-14-13-15-19-27/h13-15,18-19,21-22,24H,4-12,16-17,20,23,25-26H2,1-3H3,(H,36,41)(H,38,39)/t35-/m1/s1. The molecule has 1 aromatic heterocycles. The zero-order chi connectivity index (χ0) is 31.6. The first kappa shape index (κ1) is 34.8. The third kappa shape index (κ3) is 11.8. The molecule has 0 spiro atoms. The van der Waals surface area contributed by atoms with Gasteiger partial charge in [0.1, 0.15) is 17.7 Å². The van der Waals surface area contributed by atoms with Crippen molar-refractivity contribution in [3.8, 4) is 0 Å². The summed E-state index contributed by atoms with van der Waals surface area (Å²) in [5, 5.41) is 5.97. The lowest BCUT2D eigenvalue weighted by molar-refractivity contribution is -0.250. The number of hydrogen-bond acceptors (Lipinski definition) is 7. The Labute approximate surface area is 261 Å². The van der Waals surface area contributed by atoms with E-state index in [2.05, 4.69) is 29.5 Å². The largest absolute Gasteiger partial charge is 0.441 e. The van der Waals surface area contributed by atoms with Crippen LogP contribution in [0.4, 0.5) is 0 Å². The zero-order valence-corrected chi connectivity index (χ0v) is 26.6. The van der Waals surface area contributed by atoms with Gasteiger partial charge in [0, 0.05) is 13.0 Å². The summed E-state index contributed by atoms with van der Waals surface area (Å²) in [4.78, 5) is 53.6. The van der Waals surface area contributed by atoms with Gasteiger partial charge in [-0.2, -0.15) is 4.89 Å². The summed E-state index contributed by atoms with van der Waals surface area (Å²) in [6, 6.07) is 14.1. The van der Waals surface area contributed by atoms with Crippen LogP contribution >= 0.6 is 0 Å². The van der Waals surface area contributed by atoms with Gasteiger partial charge in [-0.15, -0.1) is 0 Å². The molecule has 0 saturated carbocycles. The Balaban J connectivity index is 1.63. The van der Waals surface area contributed by atoms with Gasteiger partial charge in [0.2, 0.25) is 11.8 Å². The molecular weight excluding hydrogens is 558 g/mol. The second kappa shape index (κ2) is 18.8. The molecule has 0 bridgehead atoms. The average Bonchev–Trinajstić information content (AvgIpc) is 3.42. The summed E-state index contributed by atoms with van der Waals surface area (Å²) in [6.07, 6.45) is 12.3. The molecule has 0 unspecified atom stereocenters. The Morgan fingerprint density at radius 1 is 0.864 bits per heavy atom. The number of nitrogens with one attached hydrogen (secondary N) is 2. The van der Waals surface area contributed by atoms with Crippen LogP contribution in [0.5, 0.6) is 0 Å². The first-order valence-electron chi connectivity index (χ1n) is 16.2. The summed E-state index contributed by atoms with van der Waals surface area (Å²) in [5.41, 5.74) is 0.768. The highest BCUT2D eigenvalue weighted by molar-refractivity contribution is 5.93. The Morgan fingerprint density at radius 2 is 1.55 bits per heavy atom. The van der Waals surface area contributed by atoms with Gasteiger partial charge in [0.25, 0.3) is 0 Å². The summed E-state index contributed by atoms with van der Waals surface area (Å²) in [6.45, 7) is 6.71. The van der Waals surface area contributed by atoms with Gasteiger partial charge < -0.3 is 15.1 Å². The van der Waals surface area contributed by atoms with Crippen LogP contribution in [0.1, 0.15) is 120 Å². The van der Waals surface area contributed by atoms with Crippen molar-refractivity contribution >= 4 is 28.9 Å². The van der Waals surface area contributed by atoms with Crippen molar-refractivity contribution in [1.29, 1.82) is 0 Å². The number of carbonyl (C=O) groups excluding carboxylic acids is 3. The van der Waals surface area contributed by atoms with E-state index in [0.29, 0.717) is 24.1 Å². The van der Waals surface area contributed by atoms with Crippen LogP contribution in [-0.2, 0) is 32.4 Å². The third-order valence-corrected chi connectivity index (χ3v) is 7.62. The van der Waals surface area contributed by atoms with Crippen LogP contribution < -0.4 is 10.6 Å². The maximum absolute atomic E-state index is 13.4. The van der Waals surface area contributed by atoms with Crippen LogP contribution in [0.25, 0.3) is 11.1 Å². The van der Waals surface area contributed by atoms with E-state index >= 15 is 0 Å². The van der Waals surface area contributed by atoms with Crippen molar-refractivity contribution in [2.45, 2.75) is 116 Å². The van der Waals surface area contributed by atoms with E-state index in [1.807, 2.05) is 30.3 Å². The van der Waals surface area contributed by atoms with Crippen molar-refractivity contribution in [1.82, 2.24) is 15.6 Å². The minimum Gasteiger partial charge on any atom is -0.441 e. The summed E-state index contributed by atoms with van der Waals surface area (Å²) >= 11 is 0. The van der Waals surface area contributed by atoms with E-state index in [1.54, 1.807) is 25.1 Å². The highest BCUT2D eigenvalue weighted by Gasteiger charge is 2.36. The predicted molar refractivity (Wildman–Crippen MR) is 171 cm³/mol. The summed E-state index contributed by atoms with van der Waals surface area (Å²) < 4.78 is 5.95. The quantitative estimate of drug-likeness (QED) is 0.0737. The van der Waals surface area contributed by atoms with Crippen LogP contribution in [-0.4, -0.2) is 34.9 Å². The first-order chi connectivity index (χ1) is 21.3. The molecule has 44 heavy (non-hydrogen) atoms. The van der Waals surface area contributed by atoms with Crippen molar-refractivity contribution < 1.29 is 28.6 Å². The predicted octanol–water partition coefficient (Wildman–Crippen LogP) is 7.37. The highest BCUT2D eigenvalue weighted by atomic mass is 17.2. The van der Waals surface area contributed by atoms with Crippen LogP contribution in [0, 0.1) is 0 Å². The van der Waals surface area contributed by atoms with Gasteiger partial charge in [-0.25, -0.2) is 9.78 Å². The fourth-order valence-corrected chi connectivity index (χ4v) is 5.00. The number of rotatable bonds is 21. The van der Waals surface area contributed by atoms with Gasteiger partial charge in [0.05, 0.1) is 12.0 Å². The maximum Gasteiger partial charge on any atom is 0.373 e. The fourth-order valence-electron chi connectivity index (χ4n) is 5.00. The Morgan fingerprint density at radius 3 is 2.27 bits per heavy atom. The van der Waals surface area contributed by atoms with Crippen molar-refractivity contribution in [3.05, 3.63) is 65.5 Å². The number of oxazole rings is 1. The number of aromatic nitrogens is 1. The van der Waals surface area contributed by atoms with E-state index < -0.39 is 11.5 Å². The number of hydrogen-bond donors (Lipinski definition) is 2. The average molecular weight is 608 g/mol. The minimum absolute atomic E-state index is 0.0607. The molecule has 0 aliphatic carbocycles. The highest BCUT2D eigenvalue weighted by Crippen LogP contribution is 2.22. The van der Waals surface area contributed by atoms with Gasteiger partial charge >= 0.3 is 5.97 Å². The molecule has 2 N–H and O–H groups in total. The zero-order valence-electron chi connectivity index (χ0n) is 26.6. The van der Waals surface area contributed by atoms with E-state index in [9.17, 15) is 14.4 Å². The van der Waals surface area contributed by atoms with E-state index in [0.717, 1.165) is 50.5 Å². The molecule has 2 amide bonds. The molecule has 1 heterocycles. The molecule has 240 valence electrons. The van der Waals surface area contributed by atoms with Gasteiger partial charge in [-0.1, -0.05) is 102 Å². The molecule has 0 aliphatic rings. The molecule has 9 nitrogen and oxygen atoms in total. The minimum atomic E-state index is -1.25. The molecule has 1 atom stereocenters. The van der Waals surface area contributed by atoms with Gasteiger partial charge in [-0.3, -0.25) is 14.5 Å². The monoisotopic (exact) mass is 607 g/mol. The summed E-state index contributed by atoms with van der Waals surface area (Å²) in [7, 11) is 0. The van der Waals surface area contributed by atoms with Crippen molar-refractivity contribution in [2.24, 2.45) is 0 Å². The molecule has 0 fully saturated rings. The lowest BCUT2D eigenvalue weighted by atomic mass is 9.95. The number of nitrogens with zero attached hydrogens (tertiary/aromatic N) is 1. The van der Waals surface area contributed by atoms with Gasteiger partial charge in [0.15, 0.2) is 11.5 Å². The Hall–Kier alpha value is -3.72. The van der Waals surface area contributed by atoms with Crippen molar-refractivity contribution in [2.75, 3.05) is 6.54 Å². The molecule has 0 saturated heterocycles. The first-order valence-corrected chi connectivity index (χ1v) is 16.2. The van der Waals surface area contributed by atoms with E-state index in [1.165, 1.54) is 25.7 Å². The lowest BCUT2D eigenvalue weighted by Gasteiger charge is -2.28. The molecule has 0 radical (unpaired) electrons. The Bertz CT molecular complexity index is 1310. The number of carbonyl (C=O) groups is 3. The molecule has 0 aliphatic heterocycles. The number of amides is 2. The van der Waals surface area contributed by atoms with E-state index in [-0.39, 0.29) is 36.3 Å². The topological polar surface area (TPSA) is 120 Å². The van der Waals surface area contributed by atoms with Crippen molar-refractivity contribution in [3.63, 3.8) is 0 Å². The van der Waals surface area contributed by atoms with Crippen LogP contribution in [0.2, 0.25) is 0 Å². The molecular formula is C35H49N3O6. The smallest absolute Gasteiger partial charge is 0.373 e. The number of benzene rings is 2. The fraction of sp³-hybridized carbons (Fsp3) is 0.543. The third-order valence-electron chi connectivity index (χ3n) is 7.62. The van der Waals surface area contributed by atoms with Gasteiger partial charge in [-0.05, 0) is 43.5 Å². The SMILES string of the molecule is CCCCCCCCCC(=O)N[C@](C)(Cc1nc2cc(C(=O)OOCc3ccccc3)ccc2o1)C(=O)NCCCCCC. The Kier molecular flexibility index (Phi) is 14.9. The number of unbranched alkanes of at least 4 members (excludes halogenated alkanes) is 9. The lowest BCUT2D eigenvalue weighted by Crippen LogP contribution is -2.58. The number of fused-ring (bicyclic) bond motifs is 1. The second-order valence-corrected chi connectivity index (χ2v) is 11.7. The molecule has 3 aromatic rings. The second-order valence-electron chi connectivity index (χ2n) is 11.7. The maximum atomic E-state index is 13.4. The van der Waals surface area contributed by atoms with E-state index in [4.69, 9.17) is 14.2 Å². The van der Waals surface area contributed by atoms with Crippen LogP contribution in [0.15, 0.2) is 52.9 Å². The normalized spacial score (nSPS) is 12.5. The molecule has 9 heteroatoms. The molecule has 3 rings (SSSR count). The van der Waals surface area contributed by atoms with Crippen LogP contribution in [0.3, 0.4) is 0 Å². The molecule has 2 aromatic carbocycles.